The van der Waals surface area contributed by atoms with Crippen molar-refractivity contribution >= 4 is 12.0 Å². The number of benzene rings is 2. The fraction of sp³-hybridized carbons (Fsp3) is 0.348. The summed E-state index contributed by atoms with van der Waals surface area (Å²) in [6.07, 6.45) is 4.05. The molecule has 0 fully saturated rings. The van der Waals surface area contributed by atoms with E-state index in [0.717, 1.165) is 23.3 Å². The highest BCUT2D eigenvalue weighted by Gasteiger charge is 2.06. The van der Waals surface area contributed by atoms with Crippen LogP contribution in [-0.4, -0.2) is 33.3 Å². The number of hydrogen-bond donors (Lipinski definition) is 1. The van der Waals surface area contributed by atoms with Gasteiger partial charge in [-0.2, -0.15) is 0 Å². The number of methoxy groups -OCH3 is 2. The average Bonchev–Trinajstić information content (AvgIpc) is 2.71. The Bertz CT molecular complexity index is 782. The van der Waals surface area contributed by atoms with E-state index in [1.165, 1.54) is 6.08 Å². The number of ether oxygens (including phenoxy) is 3. The van der Waals surface area contributed by atoms with Gasteiger partial charge in [-0.25, -0.2) is 0 Å². The first-order chi connectivity index (χ1) is 13.5. The first-order valence-electron chi connectivity index (χ1n) is 9.41. The Balaban J connectivity index is 1.85. The molecular formula is C23H29NO4. The van der Waals surface area contributed by atoms with Gasteiger partial charge >= 0.3 is 0 Å². The van der Waals surface area contributed by atoms with Crippen molar-refractivity contribution in [3.8, 4) is 17.2 Å². The number of carbonyl (C=O) groups excluding carboxylic acids is 1. The molecule has 0 unspecified atom stereocenters. The molecule has 0 radical (unpaired) electrons. The van der Waals surface area contributed by atoms with Crippen molar-refractivity contribution in [2.45, 2.75) is 20.3 Å². The van der Waals surface area contributed by atoms with Crippen molar-refractivity contribution in [3.63, 3.8) is 0 Å². The number of rotatable bonds is 10. The predicted molar refractivity (Wildman–Crippen MR) is 112 cm³/mol. The molecule has 0 aromatic heterocycles. The number of hydrogen-bond acceptors (Lipinski definition) is 4. The van der Waals surface area contributed by atoms with Gasteiger partial charge < -0.3 is 19.5 Å². The van der Waals surface area contributed by atoms with E-state index < -0.39 is 0 Å². The third-order valence-corrected chi connectivity index (χ3v) is 4.06. The van der Waals surface area contributed by atoms with Gasteiger partial charge in [0.15, 0.2) is 11.5 Å². The normalized spacial score (nSPS) is 10.9. The second-order valence-corrected chi connectivity index (χ2v) is 6.84. The SMILES string of the molecule is COc1ccc(CCNC(=O)/C=C/c2ccc(OCC(C)C)c(OC)c2)cc1. The standard InChI is InChI=1S/C23H29NO4/c1-17(2)16-28-21-11-7-19(15-22(21)27-4)8-12-23(25)24-14-13-18-5-9-20(26-3)10-6-18/h5-12,15,17H,13-14,16H2,1-4H3,(H,24,25)/b12-8+. The van der Waals surface area contributed by atoms with Gasteiger partial charge in [-0.3, -0.25) is 4.79 Å². The molecule has 5 heteroatoms. The highest BCUT2D eigenvalue weighted by Crippen LogP contribution is 2.28. The van der Waals surface area contributed by atoms with E-state index in [4.69, 9.17) is 14.2 Å². The molecule has 0 heterocycles. The van der Waals surface area contributed by atoms with E-state index >= 15 is 0 Å². The molecule has 5 nitrogen and oxygen atoms in total. The van der Waals surface area contributed by atoms with Crippen LogP contribution in [0.2, 0.25) is 0 Å². The van der Waals surface area contributed by atoms with Gasteiger partial charge in [0.05, 0.1) is 20.8 Å². The molecule has 2 aromatic carbocycles. The Morgan fingerprint density at radius 2 is 1.79 bits per heavy atom. The molecule has 2 aromatic rings. The molecule has 2 rings (SSSR count). The number of carbonyl (C=O) groups is 1. The van der Waals surface area contributed by atoms with E-state index in [9.17, 15) is 4.79 Å². The Labute approximate surface area is 167 Å². The van der Waals surface area contributed by atoms with Gasteiger partial charge in [-0.1, -0.05) is 32.0 Å². The zero-order valence-corrected chi connectivity index (χ0v) is 17.0. The second kappa shape index (κ2) is 11.0. The highest BCUT2D eigenvalue weighted by molar-refractivity contribution is 5.91. The molecule has 0 saturated carbocycles. The maximum Gasteiger partial charge on any atom is 0.244 e. The molecule has 0 atom stereocenters. The lowest BCUT2D eigenvalue weighted by atomic mass is 10.1. The van der Waals surface area contributed by atoms with Crippen LogP contribution < -0.4 is 19.5 Å². The van der Waals surface area contributed by atoms with Crippen LogP contribution in [0.4, 0.5) is 0 Å². The van der Waals surface area contributed by atoms with E-state index in [2.05, 4.69) is 19.2 Å². The van der Waals surface area contributed by atoms with Crippen molar-refractivity contribution in [3.05, 3.63) is 59.7 Å². The summed E-state index contributed by atoms with van der Waals surface area (Å²) in [5.74, 6) is 2.49. The summed E-state index contributed by atoms with van der Waals surface area (Å²) in [7, 11) is 3.25. The van der Waals surface area contributed by atoms with Crippen molar-refractivity contribution in [1.82, 2.24) is 5.32 Å². The average molecular weight is 383 g/mol. The van der Waals surface area contributed by atoms with Crippen LogP contribution in [-0.2, 0) is 11.2 Å². The molecule has 1 amide bonds. The van der Waals surface area contributed by atoms with Crippen LogP contribution in [0.15, 0.2) is 48.5 Å². The van der Waals surface area contributed by atoms with E-state index in [1.807, 2.05) is 42.5 Å². The van der Waals surface area contributed by atoms with Crippen molar-refractivity contribution in [2.75, 3.05) is 27.4 Å². The van der Waals surface area contributed by atoms with Gasteiger partial charge in [-0.05, 0) is 53.8 Å². The first kappa shape index (κ1) is 21.4. The Hall–Kier alpha value is -2.95. The van der Waals surface area contributed by atoms with Crippen LogP contribution in [0.5, 0.6) is 17.2 Å². The zero-order valence-electron chi connectivity index (χ0n) is 17.0. The quantitative estimate of drug-likeness (QED) is 0.627. The van der Waals surface area contributed by atoms with Gasteiger partial charge in [0.25, 0.3) is 0 Å². The molecule has 150 valence electrons. The number of amides is 1. The summed E-state index contributed by atoms with van der Waals surface area (Å²) < 4.78 is 16.3. The summed E-state index contributed by atoms with van der Waals surface area (Å²) in [5.41, 5.74) is 2.02. The smallest absolute Gasteiger partial charge is 0.244 e. The van der Waals surface area contributed by atoms with E-state index in [-0.39, 0.29) is 5.91 Å². The van der Waals surface area contributed by atoms with Crippen LogP contribution in [0.1, 0.15) is 25.0 Å². The Morgan fingerprint density at radius 1 is 1.04 bits per heavy atom. The van der Waals surface area contributed by atoms with Crippen LogP contribution in [0.25, 0.3) is 6.08 Å². The maximum atomic E-state index is 12.0. The van der Waals surface area contributed by atoms with Gasteiger partial charge in [0, 0.05) is 12.6 Å². The van der Waals surface area contributed by atoms with Crippen molar-refractivity contribution in [2.24, 2.45) is 5.92 Å². The Morgan fingerprint density at radius 3 is 2.43 bits per heavy atom. The largest absolute Gasteiger partial charge is 0.497 e. The van der Waals surface area contributed by atoms with Crippen molar-refractivity contribution in [1.29, 1.82) is 0 Å². The molecule has 0 aliphatic rings. The lowest BCUT2D eigenvalue weighted by Gasteiger charge is -2.12. The van der Waals surface area contributed by atoms with Gasteiger partial charge in [-0.15, -0.1) is 0 Å². The van der Waals surface area contributed by atoms with E-state index in [1.54, 1.807) is 20.3 Å². The summed E-state index contributed by atoms with van der Waals surface area (Å²) in [6.45, 7) is 5.39. The minimum absolute atomic E-state index is 0.132. The molecule has 0 aliphatic heterocycles. The molecule has 1 N–H and O–H groups in total. The van der Waals surface area contributed by atoms with E-state index in [0.29, 0.717) is 30.6 Å². The maximum absolute atomic E-state index is 12.0. The lowest BCUT2D eigenvalue weighted by Crippen LogP contribution is -2.23. The molecule has 0 bridgehead atoms. The predicted octanol–water partition coefficient (Wildman–Crippen LogP) is 4.11. The Kier molecular flexibility index (Phi) is 8.40. The zero-order chi connectivity index (χ0) is 20.4. The second-order valence-electron chi connectivity index (χ2n) is 6.84. The molecule has 0 aliphatic carbocycles. The molecule has 0 spiro atoms. The van der Waals surface area contributed by atoms with Crippen LogP contribution in [0.3, 0.4) is 0 Å². The fourth-order valence-electron chi connectivity index (χ4n) is 2.52. The third-order valence-electron chi connectivity index (χ3n) is 4.06. The topological polar surface area (TPSA) is 56.8 Å². The molecule has 0 saturated heterocycles. The lowest BCUT2D eigenvalue weighted by molar-refractivity contribution is -0.116. The minimum Gasteiger partial charge on any atom is -0.497 e. The van der Waals surface area contributed by atoms with Crippen LogP contribution in [0, 0.1) is 5.92 Å². The monoisotopic (exact) mass is 383 g/mol. The summed E-state index contributed by atoms with van der Waals surface area (Å²) in [6, 6.07) is 13.4. The number of nitrogens with one attached hydrogen (secondary N) is 1. The highest BCUT2D eigenvalue weighted by atomic mass is 16.5. The van der Waals surface area contributed by atoms with Gasteiger partial charge in [0.1, 0.15) is 5.75 Å². The fourth-order valence-corrected chi connectivity index (χ4v) is 2.52. The summed E-state index contributed by atoms with van der Waals surface area (Å²) in [5, 5.41) is 2.89. The summed E-state index contributed by atoms with van der Waals surface area (Å²) in [4.78, 5) is 12.0. The minimum atomic E-state index is -0.132. The molecule has 28 heavy (non-hydrogen) atoms. The van der Waals surface area contributed by atoms with Gasteiger partial charge in [0.2, 0.25) is 5.91 Å². The molecular weight excluding hydrogens is 354 g/mol. The summed E-state index contributed by atoms with van der Waals surface area (Å²) >= 11 is 0. The first-order valence-corrected chi connectivity index (χ1v) is 9.41. The van der Waals surface area contributed by atoms with Crippen molar-refractivity contribution < 1.29 is 19.0 Å². The van der Waals surface area contributed by atoms with Crippen LogP contribution >= 0.6 is 0 Å². The third kappa shape index (κ3) is 6.99.